The fourth-order valence-electron chi connectivity index (χ4n) is 1.83. The second kappa shape index (κ2) is 5.55. The molecule has 1 atom stereocenters. The Kier molecular flexibility index (Phi) is 3.83. The number of hydrogen-bond acceptors (Lipinski definition) is 5. The molecule has 106 valence electrons. The van der Waals surface area contributed by atoms with E-state index >= 15 is 0 Å². The normalized spacial score (nSPS) is 12.1. The summed E-state index contributed by atoms with van der Waals surface area (Å²) in [6.45, 7) is 1.19. The Balaban J connectivity index is 2.33. The number of esters is 1. The largest absolute Gasteiger partial charge is 0.467 e. The summed E-state index contributed by atoms with van der Waals surface area (Å²) >= 11 is 0. The summed E-state index contributed by atoms with van der Waals surface area (Å²) in [5, 5.41) is 6.51. The number of nitrogens with zero attached hydrogens (tertiary/aromatic N) is 3. The van der Waals surface area contributed by atoms with Crippen molar-refractivity contribution in [3.8, 4) is 0 Å². The lowest BCUT2D eigenvalue weighted by Crippen LogP contribution is -2.45. The van der Waals surface area contributed by atoms with E-state index in [0.29, 0.717) is 5.65 Å². The van der Waals surface area contributed by atoms with Crippen LogP contribution in [0.1, 0.15) is 6.92 Å². The summed E-state index contributed by atoms with van der Waals surface area (Å²) in [6, 6.07) is 4.16. The van der Waals surface area contributed by atoms with Crippen LogP contribution in [0.15, 0.2) is 29.2 Å². The van der Waals surface area contributed by atoms with Crippen LogP contribution in [0.25, 0.3) is 5.65 Å². The van der Waals surface area contributed by atoms with Gasteiger partial charge in [-0.1, -0.05) is 6.07 Å². The molecule has 0 aliphatic heterocycles. The Morgan fingerprint density at radius 3 is 2.80 bits per heavy atom. The van der Waals surface area contributed by atoms with Crippen molar-refractivity contribution in [1.82, 2.24) is 19.5 Å². The Hall–Kier alpha value is -2.64. The van der Waals surface area contributed by atoms with Crippen molar-refractivity contribution in [2.75, 3.05) is 7.11 Å². The maximum absolute atomic E-state index is 12.1. The van der Waals surface area contributed by atoms with Crippen LogP contribution in [0, 0.1) is 0 Å². The van der Waals surface area contributed by atoms with E-state index in [0.717, 1.165) is 4.68 Å². The number of methoxy groups -OCH3 is 1. The van der Waals surface area contributed by atoms with Crippen molar-refractivity contribution in [1.29, 1.82) is 0 Å². The Labute approximate surface area is 114 Å². The second-order valence-corrected chi connectivity index (χ2v) is 4.17. The summed E-state index contributed by atoms with van der Waals surface area (Å²) in [5.74, 6) is -1.03. The first kappa shape index (κ1) is 13.8. The van der Waals surface area contributed by atoms with Crippen LogP contribution in [0.4, 0.5) is 0 Å². The number of carbonyl (C=O) groups excluding carboxylic acids is 2. The van der Waals surface area contributed by atoms with Crippen LogP contribution >= 0.6 is 0 Å². The third-order valence-corrected chi connectivity index (χ3v) is 2.71. The number of ether oxygens (including phenoxy) is 1. The summed E-state index contributed by atoms with van der Waals surface area (Å²) in [5.41, 5.74) is 0.0730. The molecule has 0 aliphatic rings. The lowest BCUT2D eigenvalue weighted by molar-refractivity contribution is -0.145. The molecule has 8 heteroatoms. The maximum atomic E-state index is 12.1. The third-order valence-electron chi connectivity index (χ3n) is 2.71. The maximum Gasteiger partial charge on any atom is 0.350 e. The number of carbonyl (C=O) groups is 2. The van der Waals surface area contributed by atoms with Gasteiger partial charge in [0, 0.05) is 13.1 Å². The Morgan fingerprint density at radius 1 is 1.45 bits per heavy atom. The van der Waals surface area contributed by atoms with E-state index in [1.807, 2.05) is 0 Å². The molecule has 0 saturated heterocycles. The van der Waals surface area contributed by atoms with Crippen LogP contribution in [0.3, 0.4) is 0 Å². The first-order chi connectivity index (χ1) is 9.52. The number of aromatic nitrogens is 3. The van der Waals surface area contributed by atoms with E-state index in [9.17, 15) is 14.4 Å². The van der Waals surface area contributed by atoms with E-state index in [2.05, 4.69) is 15.2 Å². The molecule has 0 spiro atoms. The van der Waals surface area contributed by atoms with Gasteiger partial charge in [0.2, 0.25) is 5.91 Å². The van der Waals surface area contributed by atoms with Gasteiger partial charge in [-0.3, -0.25) is 9.20 Å². The summed E-state index contributed by atoms with van der Waals surface area (Å²) in [6.07, 6.45) is 1.58. The van der Waals surface area contributed by atoms with Crippen molar-refractivity contribution in [2.24, 2.45) is 0 Å². The van der Waals surface area contributed by atoms with Crippen molar-refractivity contribution in [3.63, 3.8) is 0 Å². The van der Waals surface area contributed by atoms with Gasteiger partial charge in [-0.25, -0.2) is 14.3 Å². The minimum absolute atomic E-state index is 0.0905. The topological polar surface area (TPSA) is 94.7 Å². The summed E-state index contributed by atoms with van der Waals surface area (Å²) < 4.78 is 7.06. The molecule has 0 aromatic carbocycles. The molecule has 0 saturated carbocycles. The van der Waals surface area contributed by atoms with Crippen LogP contribution in [0.5, 0.6) is 0 Å². The van der Waals surface area contributed by atoms with Crippen molar-refractivity contribution in [3.05, 3.63) is 34.9 Å². The van der Waals surface area contributed by atoms with Gasteiger partial charge in [0.05, 0.1) is 13.7 Å². The molecule has 20 heavy (non-hydrogen) atoms. The number of amides is 1. The van der Waals surface area contributed by atoms with Gasteiger partial charge in [0.15, 0.2) is 5.65 Å². The van der Waals surface area contributed by atoms with Gasteiger partial charge < -0.3 is 10.1 Å². The van der Waals surface area contributed by atoms with E-state index in [4.69, 9.17) is 0 Å². The van der Waals surface area contributed by atoms with Gasteiger partial charge >= 0.3 is 11.7 Å². The highest BCUT2D eigenvalue weighted by atomic mass is 16.5. The highest BCUT2D eigenvalue weighted by Crippen LogP contribution is 1.97. The van der Waals surface area contributed by atoms with E-state index in [1.54, 1.807) is 24.4 Å². The van der Waals surface area contributed by atoms with Crippen molar-refractivity contribution < 1.29 is 14.3 Å². The molecule has 0 bridgehead atoms. The predicted molar refractivity (Wildman–Crippen MR) is 69.1 cm³/mol. The molecule has 0 fully saturated rings. The zero-order valence-electron chi connectivity index (χ0n) is 11.1. The molecular weight excluding hydrogens is 264 g/mol. The zero-order valence-corrected chi connectivity index (χ0v) is 11.1. The van der Waals surface area contributed by atoms with Crippen molar-refractivity contribution >= 4 is 17.5 Å². The predicted octanol–water partition coefficient (Wildman–Crippen LogP) is -0.826. The third kappa shape index (κ3) is 2.68. The number of nitrogens with one attached hydrogen (secondary N) is 1. The smallest absolute Gasteiger partial charge is 0.350 e. The fraction of sp³-hybridized carbons (Fsp3) is 0.333. The standard InChI is InChI=1S/C12H14N4O4/c1-8(17)13-9(11(18)20-2)7-16-12(19)15-6-4-3-5-10(15)14-16/h3-6,9H,7H2,1-2H3,(H,13,17). The Morgan fingerprint density at radius 2 is 2.20 bits per heavy atom. The van der Waals surface area contributed by atoms with Gasteiger partial charge in [-0.05, 0) is 12.1 Å². The highest BCUT2D eigenvalue weighted by Gasteiger charge is 2.22. The molecule has 2 heterocycles. The Bertz CT molecular complexity index is 703. The van der Waals surface area contributed by atoms with Gasteiger partial charge in [-0.2, -0.15) is 0 Å². The molecule has 8 nitrogen and oxygen atoms in total. The van der Waals surface area contributed by atoms with Gasteiger partial charge in [0.25, 0.3) is 0 Å². The van der Waals surface area contributed by atoms with Crippen molar-refractivity contribution in [2.45, 2.75) is 19.5 Å². The van der Waals surface area contributed by atoms with Crippen LogP contribution in [0.2, 0.25) is 0 Å². The van der Waals surface area contributed by atoms with E-state index in [-0.39, 0.29) is 12.2 Å². The van der Waals surface area contributed by atoms with Crippen LogP contribution in [-0.2, 0) is 20.9 Å². The molecular formula is C12H14N4O4. The molecule has 2 aromatic rings. The second-order valence-electron chi connectivity index (χ2n) is 4.17. The monoisotopic (exact) mass is 278 g/mol. The van der Waals surface area contributed by atoms with Crippen LogP contribution in [-0.4, -0.2) is 39.2 Å². The number of rotatable bonds is 4. The zero-order chi connectivity index (χ0) is 14.7. The lowest BCUT2D eigenvalue weighted by atomic mass is 10.3. The van der Waals surface area contributed by atoms with Gasteiger partial charge in [-0.15, -0.1) is 5.10 Å². The summed E-state index contributed by atoms with van der Waals surface area (Å²) in [7, 11) is 1.21. The fourth-order valence-corrected chi connectivity index (χ4v) is 1.83. The minimum Gasteiger partial charge on any atom is -0.467 e. The average molecular weight is 278 g/mol. The first-order valence-corrected chi connectivity index (χ1v) is 5.92. The molecule has 1 N–H and O–H groups in total. The molecule has 1 unspecified atom stereocenters. The summed E-state index contributed by atoms with van der Waals surface area (Å²) in [4.78, 5) is 34.7. The lowest BCUT2D eigenvalue weighted by Gasteiger charge is -2.14. The number of pyridine rings is 1. The van der Waals surface area contributed by atoms with E-state index in [1.165, 1.54) is 18.4 Å². The number of hydrogen-bond donors (Lipinski definition) is 1. The van der Waals surface area contributed by atoms with Gasteiger partial charge in [0.1, 0.15) is 6.04 Å². The molecule has 2 aromatic heterocycles. The average Bonchev–Trinajstić information content (AvgIpc) is 2.74. The first-order valence-electron chi connectivity index (χ1n) is 5.92. The minimum atomic E-state index is -0.958. The quantitative estimate of drug-likeness (QED) is 0.737. The highest BCUT2D eigenvalue weighted by molar-refractivity contribution is 5.83. The molecule has 0 aliphatic carbocycles. The molecule has 2 rings (SSSR count). The molecule has 0 radical (unpaired) electrons. The van der Waals surface area contributed by atoms with Crippen LogP contribution < -0.4 is 11.0 Å². The molecule has 1 amide bonds. The SMILES string of the molecule is COC(=O)C(Cn1nc2ccccn2c1=O)NC(C)=O. The van der Waals surface area contributed by atoms with E-state index < -0.39 is 17.9 Å². The number of fused-ring (bicyclic) bond motifs is 1.